The number of aryl methyl sites for hydroxylation is 2. The molecular formula is C17H26O6. The lowest BCUT2D eigenvalue weighted by Gasteiger charge is -2.09. The van der Waals surface area contributed by atoms with E-state index >= 15 is 0 Å². The van der Waals surface area contributed by atoms with Gasteiger partial charge < -0.3 is 24.1 Å². The predicted molar refractivity (Wildman–Crippen MR) is 85.7 cm³/mol. The van der Waals surface area contributed by atoms with Gasteiger partial charge >= 0.3 is 5.97 Å². The summed E-state index contributed by atoms with van der Waals surface area (Å²) in [6, 6.07) is 5.69. The van der Waals surface area contributed by atoms with Gasteiger partial charge in [0.2, 0.25) is 0 Å². The van der Waals surface area contributed by atoms with E-state index in [2.05, 4.69) is 0 Å². The highest BCUT2D eigenvalue weighted by Gasteiger charge is 2.07. The topological polar surface area (TPSA) is 74.2 Å². The molecular weight excluding hydrogens is 300 g/mol. The molecule has 1 aromatic rings. The van der Waals surface area contributed by atoms with Crippen molar-refractivity contribution in [3.63, 3.8) is 0 Å². The number of aliphatic hydroxyl groups is 1. The zero-order chi connectivity index (χ0) is 16.9. The number of aliphatic hydroxyl groups excluding tert-OH is 1. The van der Waals surface area contributed by atoms with Crippen LogP contribution in [-0.2, 0) is 19.0 Å². The lowest BCUT2D eigenvalue weighted by atomic mass is 10.1. The molecule has 0 unspecified atom stereocenters. The van der Waals surface area contributed by atoms with Gasteiger partial charge in [-0.1, -0.05) is 17.7 Å². The molecule has 0 radical (unpaired) electrons. The molecule has 1 N–H and O–H groups in total. The summed E-state index contributed by atoms with van der Waals surface area (Å²) in [5.74, 6) is 0.280. The summed E-state index contributed by atoms with van der Waals surface area (Å²) in [6.07, 6.45) is 0.201. The first-order valence-corrected chi connectivity index (χ1v) is 7.75. The molecule has 1 rings (SSSR count). The first kappa shape index (κ1) is 19.6. The van der Waals surface area contributed by atoms with E-state index in [4.69, 9.17) is 24.1 Å². The molecule has 0 bridgehead atoms. The van der Waals surface area contributed by atoms with Crippen LogP contribution >= 0.6 is 0 Å². The average molecular weight is 326 g/mol. The van der Waals surface area contributed by atoms with E-state index in [0.29, 0.717) is 45.4 Å². The summed E-state index contributed by atoms with van der Waals surface area (Å²) in [5, 5.41) is 8.51. The van der Waals surface area contributed by atoms with Crippen LogP contribution in [0.25, 0.3) is 0 Å². The average Bonchev–Trinajstić information content (AvgIpc) is 2.52. The van der Waals surface area contributed by atoms with E-state index in [1.165, 1.54) is 0 Å². The molecule has 0 aliphatic rings. The summed E-state index contributed by atoms with van der Waals surface area (Å²) < 4.78 is 20.9. The van der Waals surface area contributed by atoms with Crippen molar-refractivity contribution in [2.75, 3.05) is 46.2 Å². The Hall–Kier alpha value is -1.47. The Morgan fingerprint density at radius 3 is 2.17 bits per heavy atom. The fourth-order valence-electron chi connectivity index (χ4n) is 1.85. The maximum Gasteiger partial charge on any atom is 0.313 e. The second-order valence-corrected chi connectivity index (χ2v) is 5.05. The van der Waals surface area contributed by atoms with Gasteiger partial charge in [0.25, 0.3) is 0 Å². The number of ether oxygens (including phenoxy) is 4. The molecule has 0 saturated heterocycles. The van der Waals surface area contributed by atoms with Crippen LogP contribution in [0.4, 0.5) is 0 Å². The van der Waals surface area contributed by atoms with Gasteiger partial charge in [0.15, 0.2) is 0 Å². The van der Waals surface area contributed by atoms with Crippen molar-refractivity contribution in [3.05, 3.63) is 29.3 Å². The largest absolute Gasteiger partial charge is 0.426 e. The number of benzene rings is 1. The Labute approximate surface area is 137 Å². The molecule has 130 valence electrons. The third-order valence-electron chi connectivity index (χ3n) is 2.98. The van der Waals surface area contributed by atoms with Crippen molar-refractivity contribution < 1.29 is 28.8 Å². The van der Waals surface area contributed by atoms with Crippen LogP contribution in [0.2, 0.25) is 0 Å². The van der Waals surface area contributed by atoms with Crippen LogP contribution in [-0.4, -0.2) is 57.3 Å². The second kappa shape index (κ2) is 12.0. The third kappa shape index (κ3) is 9.30. The van der Waals surface area contributed by atoms with E-state index in [1.807, 2.05) is 26.0 Å². The van der Waals surface area contributed by atoms with Gasteiger partial charge in [0, 0.05) is 0 Å². The number of hydrogen-bond acceptors (Lipinski definition) is 6. The van der Waals surface area contributed by atoms with Gasteiger partial charge in [-0.2, -0.15) is 0 Å². The summed E-state index contributed by atoms with van der Waals surface area (Å²) in [4.78, 5) is 11.7. The zero-order valence-electron chi connectivity index (χ0n) is 13.9. The quantitative estimate of drug-likeness (QED) is 0.358. The van der Waals surface area contributed by atoms with Gasteiger partial charge in [-0.3, -0.25) is 4.79 Å². The monoisotopic (exact) mass is 326 g/mol. The number of carbonyl (C=O) groups is 1. The van der Waals surface area contributed by atoms with Crippen LogP contribution < -0.4 is 4.74 Å². The summed E-state index contributed by atoms with van der Waals surface area (Å²) in [6.45, 7) is 6.30. The standard InChI is InChI=1S/C17H26O6/c1-14-3-4-16(15(2)13-14)23-17(19)5-7-20-9-11-22-12-10-21-8-6-18/h3-4,13,18H,5-12H2,1-2H3. The molecule has 0 saturated carbocycles. The summed E-state index contributed by atoms with van der Waals surface area (Å²) >= 11 is 0. The Kier molecular flexibility index (Phi) is 10.2. The van der Waals surface area contributed by atoms with Crippen molar-refractivity contribution in [2.45, 2.75) is 20.3 Å². The smallest absolute Gasteiger partial charge is 0.313 e. The van der Waals surface area contributed by atoms with E-state index < -0.39 is 0 Å². The van der Waals surface area contributed by atoms with E-state index in [9.17, 15) is 4.79 Å². The lowest BCUT2D eigenvalue weighted by Crippen LogP contribution is -2.14. The highest BCUT2D eigenvalue weighted by atomic mass is 16.6. The fraction of sp³-hybridized carbons (Fsp3) is 0.588. The molecule has 0 atom stereocenters. The number of hydrogen-bond donors (Lipinski definition) is 1. The van der Waals surface area contributed by atoms with Gasteiger partial charge in [-0.05, 0) is 25.5 Å². The minimum Gasteiger partial charge on any atom is -0.426 e. The minimum atomic E-state index is -0.310. The first-order chi connectivity index (χ1) is 11.1. The molecule has 0 aliphatic heterocycles. The molecule has 0 aliphatic carbocycles. The number of carbonyl (C=O) groups excluding carboxylic acids is 1. The van der Waals surface area contributed by atoms with Crippen molar-refractivity contribution >= 4 is 5.97 Å². The molecule has 0 amide bonds. The molecule has 6 heteroatoms. The predicted octanol–water partition coefficient (Wildman–Crippen LogP) is 1.64. The van der Waals surface area contributed by atoms with Crippen LogP contribution in [0.1, 0.15) is 17.5 Å². The molecule has 0 fully saturated rings. The van der Waals surface area contributed by atoms with Crippen molar-refractivity contribution in [3.8, 4) is 5.75 Å². The fourth-order valence-corrected chi connectivity index (χ4v) is 1.85. The summed E-state index contributed by atoms with van der Waals surface area (Å²) in [5.41, 5.74) is 2.07. The second-order valence-electron chi connectivity index (χ2n) is 5.05. The highest BCUT2D eigenvalue weighted by Crippen LogP contribution is 2.19. The van der Waals surface area contributed by atoms with E-state index in [-0.39, 0.29) is 19.0 Å². The third-order valence-corrected chi connectivity index (χ3v) is 2.98. The Balaban J connectivity index is 2.02. The Morgan fingerprint density at radius 1 is 0.957 bits per heavy atom. The van der Waals surface area contributed by atoms with Gasteiger partial charge in [-0.15, -0.1) is 0 Å². The van der Waals surface area contributed by atoms with Gasteiger partial charge in [0.1, 0.15) is 5.75 Å². The zero-order valence-corrected chi connectivity index (χ0v) is 13.9. The number of rotatable bonds is 12. The molecule has 6 nitrogen and oxygen atoms in total. The van der Waals surface area contributed by atoms with E-state index in [1.54, 1.807) is 6.07 Å². The molecule has 0 heterocycles. The Bertz CT molecular complexity index is 460. The number of esters is 1. The maximum absolute atomic E-state index is 11.7. The maximum atomic E-state index is 11.7. The highest BCUT2D eigenvalue weighted by molar-refractivity contribution is 5.72. The molecule has 0 spiro atoms. The van der Waals surface area contributed by atoms with Crippen molar-refractivity contribution in [1.29, 1.82) is 0 Å². The minimum absolute atomic E-state index is 0.0152. The molecule has 0 aromatic heterocycles. The molecule has 23 heavy (non-hydrogen) atoms. The van der Waals surface area contributed by atoms with Crippen LogP contribution in [0, 0.1) is 13.8 Å². The Morgan fingerprint density at radius 2 is 1.57 bits per heavy atom. The van der Waals surface area contributed by atoms with Crippen molar-refractivity contribution in [1.82, 2.24) is 0 Å². The SMILES string of the molecule is Cc1ccc(OC(=O)CCOCCOCCOCCO)c(C)c1. The van der Waals surface area contributed by atoms with E-state index in [0.717, 1.165) is 11.1 Å². The lowest BCUT2D eigenvalue weighted by molar-refractivity contribution is -0.135. The van der Waals surface area contributed by atoms with Crippen LogP contribution in [0.5, 0.6) is 5.75 Å². The van der Waals surface area contributed by atoms with Gasteiger partial charge in [-0.25, -0.2) is 0 Å². The first-order valence-electron chi connectivity index (χ1n) is 7.75. The summed E-state index contributed by atoms with van der Waals surface area (Å²) in [7, 11) is 0. The normalized spacial score (nSPS) is 10.7. The molecule has 1 aromatic carbocycles. The van der Waals surface area contributed by atoms with Gasteiger partial charge in [0.05, 0.1) is 52.7 Å². The van der Waals surface area contributed by atoms with Crippen LogP contribution in [0.3, 0.4) is 0 Å². The van der Waals surface area contributed by atoms with Crippen molar-refractivity contribution in [2.24, 2.45) is 0 Å². The van der Waals surface area contributed by atoms with Crippen LogP contribution in [0.15, 0.2) is 18.2 Å².